The van der Waals surface area contributed by atoms with Crippen molar-refractivity contribution >= 4 is 23.4 Å². The molecule has 0 atom stereocenters. The molecule has 2 amide bonds. The van der Waals surface area contributed by atoms with Gasteiger partial charge < -0.3 is 10.2 Å². The van der Waals surface area contributed by atoms with Crippen LogP contribution in [0.4, 0.5) is 0 Å². The van der Waals surface area contributed by atoms with Crippen molar-refractivity contribution in [2.45, 2.75) is 19.3 Å². The lowest BCUT2D eigenvalue weighted by Gasteiger charge is -2.15. The first-order valence-corrected chi connectivity index (χ1v) is 10.7. The van der Waals surface area contributed by atoms with Crippen LogP contribution in [0, 0.1) is 0 Å². The first-order chi connectivity index (χ1) is 15.1. The summed E-state index contributed by atoms with van der Waals surface area (Å²) in [6, 6.07) is 13.1. The molecule has 1 fully saturated rings. The molecule has 2 aromatic heterocycles. The second-order valence-corrected chi connectivity index (χ2v) is 7.89. The molecule has 6 nitrogen and oxygen atoms in total. The molecule has 0 aliphatic carbocycles. The number of hydrogen-bond donors (Lipinski definition) is 1. The predicted octanol–water partition coefficient (Wildman–Crippen LogP) is 4.21. The van der Waals surface area contributed by atoms with Crippen LogP contribution in [0.1, 0.15) is 29.6 Å². The van der Waals surface area contributed by atoms with Gasteiger partial charge in [-0.2, -0.15) is 0 Å². The van der Waals surface area contributed by atoms with E-state index >= 15 is 0 Å². The van der Waals surface area contributed by atoms with Crippen molar-refractivity contribution in [2.75, 3.05) is 19.6 Å². The minimum Gasteiger partial charge on any atom is -0.352 e. The standard InChI is InChI=1S/C24H23ClN4O2/c25-20-6-4-18(5-7-20)23-21(17-8-11-26-12-9-17)15-19(16-28-23)24(31)27-10-2-14-29-13-1-3-22(29)30/h4-9,11-12,15-16H,1-3,10,13-14H2,(H,27,31). The second kappa shape index (κ2) is 9.71. The van der Waals surface area contributed by atoms with Crippen molar-refractivity contribution in [3.63, 3.8) is 0 Å². The first-order valence-electron chi connectivity index (χ1n) is 10.3. The lowest BCUT2D eigenvalue weighted by molar-refractivity contribution is -0.127. The fourth-order valence-corrected chi connectivity index (χ4v) is 3.82. The number of aromatic nitrogens is 2. The molecule has 3 aromatic rings. The number of carbonyl (C=O) groups excluding carboxylic acids is 2. The van der Waals surface area contributed by atoms with Crippen LogP contribution in [0.5, 0.6) is 0 Å². The molecule has 1 aliphatic rings. The number of benzene rings is 1. The zero-order chi connectivity index (χ0) is 21.6. The molecule has 7 heteroatoms. The van der Waals surface area contributed by atoms with Gasteiger partial charge in [-0.15, -0.1) is 0 Å². The van der Waals surface area contributed by atoms with Crippen molar-refractivity contribution < 1.29 is 9.59 Å². The van der Waals surface area contributed by atoms with Gasteiger partial charge in [0.25, 0.3) is 5.91 Å². The van der Waals surface area contributed by atoms with Gasteiger partial charge in [0, 0.05) is 60.8 Å². The van der Waals surface area contributed by atoms with E-state index in [2.05, 4.69) is 15.3 Å². The quantitative estimate of drug-likeness (QED) is 0.565. The molecular weight excluding hydrogens is 412 g/mol. The van der Waals surface area contributed by atoms with Crippen LogP contribution in [-0.4, -0.2) is 46.3 Å². The smallest absolute Gasteiger partial charge is 0.252 e. The molecule has 0 radical (unpaired) electrons. The highest BCUT2D eigenvalue weighted by Gasteiger charge is 2.19. The van der Waals surface area contributed by atoms with Crippen LogP contribution < -0.4 is 5.32 Å². The van der Waals surface area contributed by atoms with E-state index in [0.29, 0.717) is 30.1 Å². The van der Waals surface area contributed by atoms with Gasteiger partial charge in [0.1, 0.15) is 0 Å². The van der Waals surface area contributed by atoms with Crippen LogP contribution in [0.25, 0.3) is 22.4 Å². The van der Waals surface area contributed by atoms with Crippen LogP contribution in [0.15, 0.2) is 61.1 Å². The molecular formula is C24H23ClN4O2. The SMILES string of the molecule is O=C(NCCCN1CCCC1=O)c1cnc(-c2ccc(Cl)cc2)c(-c2ccncc2)c1. The summed E-state index contributed by atoms with van der Waals surface area (Å²) in [5, 5.41) is 3.59. The van der Waals surface area contributed by atoms with E-state index < -0.39 is 0 Å². The topological polar surface area (TPSA) is 75.2 Å². The van der Waals surface area contributed by atoms with E-state index in [1.165, 1.54) is 0 Å². The summed E-state index contributed by atoms with van der Waals surface area (Å²) >= 11 is 6.03. The van der Waals surface area contributed by atoms with Crippen molar-refractivity contribution in [3.05, 3.63) is 71.6 Å². The number of likely N-dealkylation sites (tertiary alicyclic amines) is 1. The first kappa shape index (κ1) is 21.0. The summed E-state index contributed by atoms with van der Waals surface area (Å²) in [6.07, 6.45) is 7.31. The fourth-order valence-electron chi connectivity index (χ4n) is 3.69. The molecule has 158 valence electrons. The molecule has 1 aromatic carbocycles. The maximum Gasteiger partial charge on any atom is 0.252 e. The van der Waals surface area contributed by atoms with Crippen molar-refractivity contribution in [1.29, 1.82) is 0 Å². The van der Waals surface area contributed by atoms with Gasteiger partial charge in [0.2, 0.25) is 5.91 Å². The molecule has 1 N–H and O–H groups in total. The summed E-state index contributed by atoms with van der Waals surface area (Å²) in [4.78, 5) is 34.9. The lowest BCUT2D eigenvalue weighted by atomic mass is 9.98. The Labute approximate surface area is 186 Å². The third-order valence-electron chi connectivity index (χ3n) is 5.32. The van der Waals surface area contributed by atoms with Crippen LogP contribution >= 0.6 is 11.6 Å². The minimum atomic E-state index is -0.182. The van der Waals surface area contributed by atoms with Gasteiger partial charge in [-0.25, -0.2) is 0 Å². The molecule has 1 saturated heterocycles. The summed E-state index contributed by atoms with van der Waals surface area (Å²) in [5.74, 6) is 0.0218. The fraction of sp³-hybridized carbons (Fsp3) is 0.250. The molecule has 3 heterocycles. The summed E-state index contributed by atoms with van der Waals surface area (Å²) in [7, 11) is 0. The molecule has 0 spiro atoms. The number of hydrogen-bond acceptors (Lipinski definition) is 4. The molecule has 4 rings (SSSR count). The zero-order valence-corrected chi connectivity index (χ0v) is 17.8. The average Bonchev–Trinajstić information content (AvgIpc) is 3.22. The molecule has 0 saturated carbocycles. The Bertz CT molecular complexity index is 1070. The van der Waals surface area contributed by atoms with Gasteiger partial charge in [-0.05, 0) is 48.7 Å². The number of nitrogens with zero attached hydrogens (tertiary/aromatic N) is 3. The third kappa shape index (κ3) is 5.09. The van der Waals surface area contributed by atoms with Crippen molar-refractivity contribution in [1.82, 2.24) is 20.2 Å². The van der Waals surface area contributed by atoms with Gasteiger partial charge in [-0.3, -0.25) is 19.6 Å². The highest BCUT2D eigenvalue weighted by Crippen LogP contribution is 2.31. The normalized spacial score (nSPS) is 13.5. The second-order valence-electron chi connectivity index (χ2n) is 7.46. The molecule has 1 aliphatic heterocycles. The predicted molar refractivity (Wildman–Crippen MR) is 121 cm³/mol. The van der Waals surface area contributed by atoms with E-state index in [9.17, 15) is 9.59 Å². The monoisotopic (exact) mass is 434 g/mol. The van der Waals surface area contributed by atoms with Gasteiger partial charge in [0.15, 0.2) is 0 Å². The van der Waals surface area contributed by atoms with Crippen LogP contribution in [-0.2, 0) is 4.79 Å². The Morgan fingerprint density at radius 2 is 1.87 bits per heavy atom. The highest BCUT2D eigenvalue weighted by atomic mass is 35.5. The number of rotatable bonds is 7. The summed E-state index contributed by atoms with van der Waals surface area (Å²) < 4.78 is 0. The Hall–Kier alpha value is -3.25. The molecule has 0 unspecified atom stereocenters. The summed E-state index contributed by atoms with van der Waals surface area (Å²) in [6.45, 7) is 2.00. The van der Waals surface area contributed by atoms with Gasteiger partial charge in [-0.1, -0.05) is 23.7 Å². The van der Waals surface area contributed by atoms with Crippen molar-refractivity contribution in [2.24, 2.45) is 0 Å². The Morgan fingerprint density at radius 3 is 2.58 bits per heavy atom. The van der Waals surface area contributed by atoms with Gasteiger partial charge in [0.05, 0.1) is 11.3 Å². The van der Waals surface area contributed by atoms with Crippen LogP contribution in [0.2, 0.25) is 5.02 Å². The van der Waals surface area contributed by atoms with E-state index in [-0.39, 0.29) is 11.8 Å². The minimum absolute atomic E-state index is 0.182. The Morgan fingerprint density at radius 1 is 1.10 bits per heavy atom. The van der Waals surface area contributed by atoms with E-state index in [4.69, 9.17) is 11.6 Å². The number of amides is 2. The Balaban J connectivity index is 1.51. The molecule has 31 heavy (non-hydrogen) atoms. The largest absolute Gasteiger partial charge is 0.352 e. The summed E-state index contributed by atoms with van der Waals surface area (Å²) in [5.41, 5.74) is 3.95. The van der Waals surface area contributed by atoms with Gasteiger partial charge >= 0.3 is 0 Å². The zero-order valence-electron chi connectivity index (χ0n) is 17.1. The average molecular weight is 435 g/mol. The highest BCUT2D eigenvalue weighted by molar-refractivity contribution is 6.30. The Kier molecular flexibility index (Phi) is 6.57. The maximum absolute atomic E-state index is 12.7. The lowest BCUT2D eigenvalue weighted by Crippen LogP contribution is -2.30. The number of halogens is 1. The number of pyridine rings is 2. The maximum atomic E-state index is 12.7. The van der Waals surface area contributed by atoms with Crippen LogP contribution in [0.3, 0.4) is 0 Å². The number of nitrogens with one attached hydrogen (secondary N) is 1. The van der Waals surface area contributed by atoms with Crippen molar-refractivity contribution in [3.8, 4) is 22.4 Å². The van der Waals surface area contributed by atoms with E-state index in [0.717, 1.165) is 41.8 Å². The van der Waals surface area contributed by atoms with E-state index in [1.807, 2.05) is 47.4 Å². The van der Waals surface area contributed by atoms with E-state index in [1.54, 1.807) is 18.6 Å². The molecule has 0 bridgehead atoms. The third-order valence-corrected chi connectivity index (χ3v) is 5.57. The number of carbonyl (C=O) groups is 2.